The predicted octanol–water partition coefficient (Wildman–Crippen LogP) is 1.00. The molecule has 2 N–H and O–H groups in total. The fraction of sp³-hybridized carbons (Fsp3) is 1.00. The molecule has 1 rings (SSSR count). The van der Waals surface area contributed by atoms with E-state index in [1.807, 2.05) is 0 Å². The summed E-state index contributed by atoms with van der Waals surface area (Å²) < 4.78 is 5.51. The fourth-order valence-corrected chi connectivity index (χ4v) is 1.85. The van der Waals surface area contributed by atoms with Crippen LogP contribution in [0.4, 0.5) is 0 Å². The van der Waals surface area contributed by atoms with Gasteiger partial charge in [-0.15, -0.1) is 0 Å². The van der Waals surface area contributed by atoms with E-state index < -0.39 is 0 Å². The van der Waals surface area contributed by atoms with E-state index in [1.54, 1.807) is 0 Å². The van der Waals surface area contributed by atoms with E-state index >= 15 is 0 Å². The average Bonchev–Trinajstić information content (AvgIpc) is 2.58. The molecule has 1 aliphatic heterocycles. The van der Waals surface area contributed by atoms with E-state index in [1.165, 1.54) is 12.8 Å². The minimum atomic E-state index is 0.455. The van der Waals surface area contributed by atoms with E-state index in [4.69, 9.17) is 4.74 Å². The van der Waals surface area contributed by atoms with Crippen molar-refractivity contribution in [2.75, 3.05) is 32.8 Å². The third-order valence-electron chi connectivity index (χ3n) is 2.90. The molecule has 1 saturated heterocycles. The minimum absolute atomic E-state index is 0.455. The molecule has 0 aromatic carbocycles. The second kappa shape index (κ2) is 7.21. The summed E-state index contributed by atoms with van der Waals surface area (Å²) in [4.78, 5) is 0. The van der Waals surface area contributed by atoms with Crippen LogP contribution in [0.25, 0.3) is 0 Å². The van der Waals surface area contributed by atoms with Crippen LogP contribution < -0.4 is 10.6 Å². The molecule has 0 bridgehead atoms. The van der Waals surface area contributed by atoms with Crippen molar-refractivity contribution in [1.82, 2.24) is 10.6 Å². The van der Waals surface area contributed by atoms with Crippen LogP contribution in [0.3, 0.4) is 0 Å². The lowest BCUT2D eigenvalue weighted by Crippen LogP contribution is -2.29. The summed E-state index contributed by atoms with van der Waals surface area (Å²) >= 11 is 0. The summed E-state index contributed by atoms with van der Waals surface area (Å²) in [6, 6.07) is 0. The van der Waals surface area contributed by atoms with E-state index in [0.29, 0.717) is 6.10 Å². The summed E-state index contributed by atoms with van der Waals surface area (Å²) in [6.45, 7) is 9.71. The number of nitrogens with one attached hydrogen (secondary N) is 2. The molecule has 0 aromatic heterocycles. The molecule has 1 aliphatic rings. The van der Waals surface area contributed by atoms with Crippen LogP contribution in [0, 0.1) is 5.92 Å². The fourth-order valence-electron chi connectivity index (χ4n) is 1.85. The maximum atomic E-state index is 5.51. The molecule has 14 heavy (non-hydrogen) atoms. The standard InChI is InChI=1S/C11H24N2O/c1-3-12-6-4-7-13-9-11-5-8-14-10(11)2/h10-13H,3-9H2,1-2H3. The second-order valence-electron chi connectivity index (χ2n) is 4.04. The van der Waals surface area contributed by atoms with Gasteiger partial charge in [-0.2, -0.15) is 0 Å². The lowest BCUT2D eigenvalue weighted by atomic mass is 10.0. The van der Waals surface area contributed by atoms with Crippen molar-refractivity contribution < 1.29 is 4.74 Å². The lowest BCUT2D eigenvalue weighted by molar-refractivity contribution is 0.105. The summed E-state index contributed by atoms with van der Waals surface area (Å²) in [5.41, 5.74) is 0. The Bertz CT molecular complexity index is 141. The topological polar surface area (TPSA) is 33.3 Å². The maximum Gasteiger partial charge on any atom is 0.0588 e. The van der Waals surface area contributed by atoms with Crippen molar-refractivity contribution in [2.24, 2.45) is 5.92 Å². The molecule has 0 spiro atoms. The van der Waals surface area contributed by atoms with Crippen LogP contribution in [0.1, 0.15) is 26.7 Å². The average molecular weight is 200 g/mol. The third kappa shape index (κ3) is 4.40. The molecule has 0 amide bonds. The van der Waals surface area contributed by atoms with Crippen molar-refractivity contribution in [3.63, 3.8) is 0 Å². The molecule has 0 radical (unpaired) electrons. The van der Waals surface area contributed by atoms with Gasteiger partial charge in [0.1, 0.15) is 0 Å². The first kappa shape index (κ1) is 12.0. The van der Waals surface area contributed by atoms with Gasteiger partial charge >= 0.3 is 0 Å². The highest BCUT2D eigenvalue weighted by Crippen LogP contribution is 2.18. The first-order valence-corrected chi connectivity index (χ1v) is 5.87. The number of rotatable bonds is 7. The van der Waals surface area contributed by atoms with Crippen molar-refractivity contribution in [1.29, 1.82) is 0 Å². The SMILES string of the molecule is CCNCCCNCC1CCOC1C. The highest BCUT2D eigenvalue weighted by atomic mass is 16.5. The van der Waals surface area contributed by atoms with Crippen LogP contribution >= 0.6 is 0 Å². The summed E-state index contributed by atoms with van der Waals surface area (Å²) in [6.07, 6.45) is 2.90. The van der Waals surface area contributed by atoms with Gasteiger partial charge in [0.2, 0.25) is 0 Å². The third-order valence-corrected chi connectivity index (χ3v) is 2.90. The van der Waals surface area contributed by atoms with Gasteiger partial charge in [0, 0.05) is 13.2 Å². The van der Waals surface area contributed by atoms with Gasteiger partial charge in [-0.05, 0) is 45.3 Å². The Kier molecular flexibility index (Phi) is 6.15. The Labute approximate surface area is 87.6 Å². The molecule has 2 atom stereocenters. The van der Waals surface area contributed by atoms with Gasteiger partial charge in [-0.25, -0.2) is 0 Å². The largest absolute Gasteiger partial charge is 0.378 e. The predicted molar refractivity (Wildman–Crippen MR) is 59.6 cm³/mol. The molecule has 3 heteroatoms. The van der Waals surface area contributed by atoms with Crippen LogP contribution in [0.2, 0.25) is 0 Å². The number of hydrogen-bond donors (Lipinski definition) is 2. The van der Waals surface area contributed by atoms with Gasteiger partial charge < -0.3 is 15.4 Å². The zero-order chi connectivity index (χ0) is 10.2. The Morgan fingerprint density at radius 1 is 1.29 bits per heavy atom. The van der Waals surface area contributed by atoms with E-state index in [0.717, 1.165) is 38.7 Å². The van der Waals surface area contributed by atoms with Crippen molar-refractivity contribution >= 4 is 0 Å². The molecule has 0 aliphatic carbocycles. The van der Waals surface area contributed by atoms with Crippen molar-refractivity contribution in [2.45, 2.75) is 32.8 Å². The van der Waals surface area contributed by atoms with Crippen molar-refractivity contribution in [3.8, 4) is 0 Å². The Morgan fingerprint density at radius 2 is 2.07 bits per heavy atom. The second-order valence-corrected chi connectivity index (χ2v) is 4.04. The first-order chi connectivity index (χ1) is 6.84. The van der Waals surface area contributed by atoms with Gasteiger partial charge in [-0.1, -0.05) is 6.92 Å². The first-order valence-electron chi connectivity index (χ1n) is 5.87. The zero-order valence-electron chi connectivity index (χ0n) is 9.51. The number of hydrogen-bond acceptors (Lipinski definition) is 3. The van der Waals surface area contributed by atoms with Gasteiger partial charge in [0.15, 0.2) is 0 Å². The van der Waals surface area contributed by atoms with E-state index in [-0.39, 0.29) is 0 Å². The minimum Gasteiger partial charge on any atom is -0.378 e. The highest BCUT2D eigenvalue weighted by Gasteiger charge is 2.23. The highest BCUT2D eigenvalue weighted by molar-refractivity contribution is 4.74. The van der Waals surface area contributed by atoms with E-state index in [2.05, 4.69) is 24.5 Å². The molecular formula is C11H24N2O. The molecule has 0 saturated carbocycles. The van der Waals surface area contributed by atoms with Crippen molar-refractivity contribution in [3.05, 3.63) is 0 Å². The Hall–Kier alpha value is -0.120. The smallest absolute Gasteiger partial charge is 0.0588 e. The molecular weight excluding hydrogens is 176 g/mol. The monoisotopic (exact) mass is 200 g/mol. The summed E-state index contributed by atoms with van der Waals surface area (Å²) in [7, 11) is 0. The van der Waals surface area contributed by atoms with Crippen LogP contribution in [-0.4, -0.2) is 38.9 Å². The Balaban J connectivity index is 1.88. The lowest BCUT2D eigenvalue weighted by Gasteiger charge is -2.14. The summed E-state index contributed by atoms with van der Waals surface area (Å²) in [5.74, 6) is 0.731. The Morgan fingerprint density at radius 3 is 2.71 bits per heavy atom. The molecule has 0 aromatic rings. The molecule has 1 heterocycles. The molecule has 1 fully saturated rings. The van der Waals surface area contributed by atoms with Gasteiger partial charge in [0.25, 0.3) is 0 Å². The quantitative estimate of drug-likeness (QED) is 0.602. The molecule has 3 nitrogen and oxygen atoms in total. The van der Waals surface area contributed by atoms with Crippen LogP contribution in [0.15, 0.2) is 0 Å². The van der Waals surface area contributed by atoms with Gasteiger partial charge in [-0.3, -0.25) is 0 Å². The normalized spacial score (nSPS) is 27.0. The van der Waals surface area contributed by atoms with Crippen LogP contribution in [0.5, 0.6) is 0 Å². The van der Waals surface area contributed by atoms with E-state index in [9.17, 15) is 0 Å². The number of ether oxygens (including phenoxy) is 1. The van der Waals surface area contributed by atoms with Gasteiger partial charge in [0.05, 0.1) is 6.10 Å². The molecule has 84 valence electrons. The van der Waals surface area contributed by atoms with Crippen LogP contribution in [-0.2, 0) is 4.74 Å². The molecule has 2 unspecified atom stereocenters. The maximum absolute atomic E-state index is 5.51. The summed E-state index contributed by atoms with van der Waals surface area (Å²) in [5, 5.41) is 6.82. The zero-order valence-corrected chi connectivity index (χ0v) is 9.51.